The van der Waals surface area contributed by atoms with Crippen LogP contribution in [0.25, 0.3) is 0 Å². The fourth-order valence-corrected chi connectivity index (χ4v) is 2.30. The molecule has 2 aromatic carbocycles. The van der Waals surface area contributed by atoms with Gasteiger partial charge in [0.1, 0.15) is 5.75 Å². The van der Waals surface area contributed by atoms with Crippen LogP contribution in [0.2, 0.25) is 0 Å². The van der Waals surface area contributed by atoms with Gasteiger partial charge in [-0.25, -0.2) is 0 Å². The maximum absolute atomic E-state index is 12.4. The first-order chi connectivity index (χ1) is 12.8. The minimum absolute atomic E-state index is 0.0819. The van der Waals surface area contributed by atoms with Crippen molar-refractivity contribution in [3.8, 4) is 5.75 Å². The molecular weight excluding hydrogens is 361 g/mol. The van der Waals surface area contributed by atoms with E-state index in [0.717, 1.165) is 0 Å². The van der Waals surface area contributed by atoms with Crippen LogP contribution in [0, 0.1) is 0 Å². The summed E-state index contributed by atoms with van der Waals surface area (Å²) in [4.78, 5) is 23.7. The van der Waals surface area contributed by atoms with E-state index in [9.17, 15) is 22.8 Å². The van der Waals surface area contributed by atoms with E-state index < -0.39 is 6.36 Å². The number of para-hydroxylation sites is 1. The Morgan fingerprint density at radius 2 is 1.59 bits per heavy atom. The molecule has 8 heteroatoms. The van der Waals surface area contributed by atoms with Gasteiger partial charge in [0.2, 0.25) is 5.91 Å². The van der Waals surface area contributed by atoms with Crippen LogP contribution in [0.1, 0.15) is 28.8 Å². The molecule has 0 heterocycles. The number of alkyl halides is 3. The molecule has 0 bridgehead atoms. The van der Waals surface area contributed by atoms with Crippen LogP contribution < -0.4 is 15.4 Å². The Kier molecular flexibility index (Phi) is 7.22. The van der Waals surface area contributed by atoms with E-state index in [4.69, 9.17) is 0 Å². The van der Waals surface area contributed by atoms with E-state index in [1.165, 1.54) is 18.2 Å². The van der Waals surface area contributed by atoms with Gasteiger partial charge in [-0.1, -0.05) is 36.4 Å². The minimum Gasteiger partial charge on any atom is -0.405 e. The van der Waals surface area contributed by atoms with Gasteiger partial charge in [-0.15, -0.1) is 13.2 Å². The monoisotopic (exact) mass is 380 g/mol. The molecule has 0 unspecified atom stereocenters. The summed E-state index contributed by atoms with van der Waals surface area (Å²) in [6.45, 7) is 0.233. The quantitative estimate of drug-likeness (QED) is 0.690. The topological polar surface area (TPSA) is 67.4 Å². The first kappa shape index (κ1) is 20.3. The van der Waals surface area contributed by atoms with Gasteiger partial charge >= 0.3 is 6.36 Å². The van der Waals surface area contributed by atoms with Crippen molar-refractivity contribution in [3.63, 3.8) is 0 Å². The molecule has 0 spiro atoms. The number of halogens is 3. The maximum Gasteiger partial charge on any atom is 0.573 e. The standard InChI is InChI=1S/C19H19F3N2O3/c20-19(21,22)27-16-10-5-4-9-15(16)13-24-17(25)11-6-12-23-18(26)14-7-2-1-3-8-14/h1-5,7-10H,6,11-13H2,(H,23,26)(H,24,25). The third-order valence-electron chi connectivity index (χ3n) is 3.58. The van der Waals surface area contributed by atoms with Crippen molar-refractivity contribution >= 4 is 11.8 Å². The molecule has 2 aromatic rings. The van der Waals surface area contributed by atoms with Crippen LogP contribution in [-0.4, -0.2) is 24.7 Å². The zero-order valence-corrected chi connectivity index (χ0v) is 14.4. The summed E-state index contributed by atoms with van der Waals surface area (Å²) in [6, 6.07) is 14.3. The average molecular weight is 380 g/mol. The summed E-state index contributed by atoms with van der Waals surface area (Å²) in [5.74, 6) is -0.902. The van der Waals surface area contributed by atoms with Gasteiger partial charge in [0, 0.05) is 30.6 Å². The summed E-state index contributed by atoms with van der Waals surface area (Å²) in [6.07, 6.45) is -4.25. The molecule has 0 aromatic heterocycles. The summed E-state index contributed by atoms with van der Waals surface area (Å²) < 4.78 is 41.0. The number of hydrogen-bond donors (Lipinski definition) is 2. The fourth-order valence-electron chi connectivity index (χ4n) is 2.30. The van der Waals surface area contributed by atoms with E-state index in [0.29, 0.717) is 18.5 Å². The van der Waals surface area contributed by atoms with Crippen LogP contribution >= 0.6 is 0 Å². The second-order valence-electron chi connectivity index (χ2n) is 5.66. The molecule has 2 amide bonds. The van der Waals surface area contributed by atoms with E-state index in [1.54, 1.807) is 36.4 Å². The normalized spacial score (nSPS) is 10.9. The third kappa shape index (κ3) is 7.39. The van der Waals surface area contributed by atoms with Gasteiger partial charge in [0.25, 0.3) is 5.91 Å². The van der Waals surface area contributed by atoms with Crippen LogP contribution in [0.4, 0.5) is 13.2 Å². The molecule has 0 aliphatic carbocycles. The van der Waals surface area contributed by atoms with Gasteiger partial charge in [-0.3, -0.25) is 9.59 Å². The lowest BCUT2D eigenvalue weighted by atomic mass is 10.2. The van der Waals surface area contributed by atoms with Crippen molar-refractivity contribution < 1.29 is 27.5 Å². The number of nitrogens with one attached hydrogen (secondary N) is 2. The average Bonchev–Trinajstić information content (AvgIpc) is 2.64. The molecule has 5 nitrogen and oxygen atoms in total. The first-order valence-corrected chi connectivity index (χ1v) is 8.29. The van der Waals surface area contributed by atoms with Gasteiger partial charge in [0.05, 0.1) is 0 Å². The highest BCUT2D eigenvalue weighted by Gasteiger charge is 2.31. The number of ether oxygens (including phenoxy) is 1. The maximum atomic E-state index is 12.4. The smallest absolute Gasteiger partial charge is 0.405 e. The summed E-state index contributed by atoms with van der Waals surface area (Å²) in [7, 11) is 0. The fraction of sp³-hybridized carbons (Fsp3) is 0.263. The molecule has 0 saturated carbocycles. The highest BCUT2D eigenvalue weighted by atomic mass is 19.4. The summed E-state index contributed by atoms with van der Waals surface area (Å²) in [5, 5.41) is 5.24. The number of hydrogen-bond acceptors (Lipinski definition) is 3. The summed E-state index contributed by atoms with van der Waals surface area (Å²) in [5.41, 5.74) is 0.753. The van der Waals surface area contributed by atoms with E-state index in [-0.39, 0.29) is 36.1 Å². The Morgan fingerprint density at radius 3 is 2.30 bits per heavy atom. The van der Waals surface area contributed by atoms with E-state index in [2.05, 4.69) is 15.4 Å². The molecular formula is C19H19F3N2O3. The number of carbonyl (C=O) groups excluding carboxylic acids is 2. The molecule has 0 saturated heterocycles. The Labute approximate surface area is 154 Å². The number of rotatable bonds is 8. The lowest BCUT2D eigenvalue weighted by Crippen LogP contribution is -2.27. The van der Waals surface area contributed by atoms with Gasteiger partial charge < -0.3 is 15.4 Å². The van der Waals surface area contributed by atoms with Crippen LogP contribution in [0.15, 0.2) is 54.6 Å². The molecule has 27 heavy (non-hydrogen) atoms. The van der Waals surface area contributed by atoms with Crippen molar-refractivity contribution in [3.05, 3.63) is 65.7 Å². The highest BCUT2D eigenvalue weighted by Crippen LogP contribution is 2.26. The van der Waals surface area contributed by atoms with Gasteiger partial charge in [0.15, 0.2) is 0 Å². The molecule has 0 aliphatic rings. The Morgan fingerprint density at radius 1 is 0.926 bits per heavy atom. The number of amides is 2. The highest BCUT2D eigenvalue weighted by molar-refractivity contribution is 5.94. The summed E-state index contributed by atoms with van der Waals surface area (Å²) >= 11 is 0. The molecule has 0 aliphatic heterocycles. The van der Waals surface area contributed by atoms with Crippen molar-refractivity contribution in [2.75, 3.05) is 6.54 Å². The minimum atomic E-state index is -4.79. The lowest BCUT2D eigenvalue weighted by Gasteiger charge is -2.13. The van der Waals surface area contributed by atoms with Crippen LogP contribution in [0.5, 0.6) is 5.75 Å². The van der Waals surface area contributed by atoms with Gasteiger partial charge in [-0.2, -0.15) is 0 Å². The molecule has 144 valence electrons. The van der Waals surface area contributed by atoms with Gasteiger partial charge in [-0.05, 0) is 24.6 Å². The Balaban J connectivity index is 1.72. The zero-order valence-electron chi connectivity index (χ0n) is 14.4. The largest absolute Gasteiger partial charge is 0.573 e. The van der Waals surface area contributed by atoms with Crippen LogP contribution in [0.3, 0.4) is 0 Å². The number of benzene rings is 2. The van der Waals surface area contributed by atoms with Crippen molar-refractivity contribution in [1.82, 2.24) is 10.6 Å². The predicted molar refractivity (Wildman–Crippen MR) is 93.0 cm³/mol. The third-order valence-corrected chi connectivity index (χ3v) is 3.58. The first-order valence-electron chi connectivity index (χ1n) is 8.29. The lowest BCUT2D eigenvalue weighted by molar-refractivity contribution is -0.274. The second kappa shape index (κ2) is 9.61. The van der Waals surface area contributed by atoms with Crippen LogP contribution in [-0.2, 0) is 11.3 Å². The number of carbonyl (C=O) groups is 2. The van der Waals surface area contributed by atoms with Crippen molar-refractivity contribution in [1.29, 1.82) is 0 Å². The molecule has 2 rings (SSSR count). The molecule has 0 fully saturated rings. The van der Waals surface area contributed by atoms with Crippen molar-refractivity contribution in [2.24, 2.45) is 0 Å². The van der Waals surface area contributed by atoms with E-state index in [1.807, 2.05) is 0 Å². The molecule has 0 atom stereocenters. The second-order valence-corrected chi connectivity index (χ2v) is 5.66. The molecule has 2 N–H and O–H groups in total. The zero-order chi connectivity index (χ0) is 19.7. The Hall–Kier alpha value is -3.03. The van der Waals surface area contributed by atoms with Crippen molar-refractivity contribution in [2.45, 2.75) is 25.7 Å². The van der Waals surface area contributed by atoms with E-state index >= 15 is 0 Å². The predicted octanol–water partition coefficient (Wildman–Crippen LogP) is 3.41. The Bertz CT molecular complexity index is 764. The molecule has 0 radical (unpaired) electrons. The SMILES string of the molecule is O=C(CCCNC(=O)c1ccccc1)NCc1ccccc1OC(F)(F)F.